The Labute approximate surface area is 172 Å². The zero-order chi connectivity index (χ0) is 20.3. The molecule has 2 aliphatic heterocycles. The van der Waals surface area contributed by atoms with Crippen LogP contribution in [0.3, 0.4) is 0 Å². The minimum atomic E-state index is -3.64. The summed E-state index contributed by atoms with van der Waals surface area (Å²) in [4.78, 5) is 17.0. The first kappa shape index (κ1) is 21.7. The minimum Gasteiger partial charge on any atom is -0.373 e. The SMILES string of the molecule is CC1CN(CC2CCN(C(=O)C(C)NS(=O)(=O)c3cccs3)CC2)CC(C)O1. The summed E-state index contributed by atoms with van der Waals surface area (Å²) in [6, 6.07) is 2.47. The van der Waals surface area contributed by atoms with Gasteiger partial charge in [0.1, 0.15) is 4.21 Å². The van der Waals surface area contributed by atoms with Crippen LogP contribution in [0.5, 0.6) is 0 Å². The number of nitrogens with zero attached hydrogens (tertiary/aromatic N) is 2. The third-order valence-electron chi connectivity index (χ3n) is 5.40. The fraction of sp³-hybridized carbons (Fsp3) is 0.737. The Hall–Kier alpha value is -1.00. The molecule has 2 saturated heterocycles. The van der Waals surface area contributed by atoms with Crippen molar-refractivity contribution in [1.29, 1.82) is 0 Å². The van der Waals surface area contributed by atoms with Gasteiger partial charge < -0.3 is 9.64 Å². The molecule has 1 aromatic heterocycles. The second-order valence-corrected chi connectivity index (χ2v) is 10.9. The van der Waals surface area contributed by atoms with Gasteiger partial charge in [0.2, 0.25) is 5.91 Å². The average molecular weight is 430 g/mol. The molecule has 0 radical (unpaired) electrons. The molecule has 7 nitrogen and oxygen atoms in total. The first-order valence-corrected chi connectivity index (χ1v) is 12.3. The first-order valence-electron chi connectivity index (χ1n) is 9.97. The molecule has 0 spiro atoms. The van der Waals surface area contributed by atoms with E-state index in [0.717, 1.165) is 43.8 Å². The third kappa shape index (κ3) is 5.54. The van der Waals surface area contributed by atoms with Gasteiger partial charge in [0, 0.05) is 32.7 Å². The van der Waals surface area contributed by atoms with E-state index >= 15 is 0 Å². The Balaban J connectivity index is 1.47. The quantitative estimate of drug-likeness (QED) is 0.746. The van der Waals surface area contributed by atoms with Crippen LogP contribution in [-0.4, -0.2) is 75.1 Å². The standard InChI is InChI=1S/C19H31N3O4S2/c1-14-11-21(12-15(2)26-14)13-17-6-8-22(9-7-17)19(23)16(3)20-28(24,25)18-5-4-10-27-18/h4-5,10,14-17,20H,6-9,11-13H2,1-3H3. The van der Waals surface area contributed by atoms with Crippen molar-refractivity contribution in [1.82, 2.24) is 14.5 Å². The number of nitrogens with one attached hydrogen (secondary N) is 1. The van der Waals surface area contributed by atoms with E-state index in [4.69, 9.17) is 4.74 Å². The van der Waals surface area contributed by atoms with Gasteiger partial charge in [-0.3, -0.25) is 9.69 Å². The number of likely N-dealkylation sites (tertiary alicyclic amines) is 1. The van der Waals surface area contributed by atoms with E-state index in [9.17, 15) is 13.2 Å². The molecule has 3 unspecified atom stereocenters. The lowest BCUT2D eigenvalue weighted by Crippen LogP contribution is -2.51. The smallest absolute Gasteiger partial charge is 0.250 e. The van der Waals surface area contributed by atoms with Gasteiger partial charge in [-0.25, -0.2) is 8.42 Å². The molecule has 1 amide bonds. The second-order valence-electron chi connectivity index (χ2n) is 8.02. The molecule has 3 heterocycles. The van der Waals surface area contributed by atoms with Gasteiger partial charge in [-0.2, -0.15) is 4.72 Å². The monoisotopic (exact) mass is 429 g/mol. The number of carbonyl (C=O) groups excluding carboxylic acids is 1. The summed E-state index contributed by atoms with van der Waals surface area (Å²) in [5, 5.41) is 1.71. The molecule has 3 atom stereocenters. The maximum atomic E-state index is 12.7. The van der Waals surface area contributed by atoms with E-state index in [1.54, 1.807) is 29.3 Å². The average Bonchev–Trinajstić information content (AvgIpc) is 3.16. The molecule has 0 bridgehead atoms. The lowest BCUT2D eigenvalue weighted by atomic mass is 9.95. The van der Waals surface area contributed by atoms with Crippen LogP contribution in [0, 0.1) is 5.92 Å². The summed E-state index contributed by atoms with van der Waals surface area (Å²) >= 11 is 1.15. The molecule has 2 fully saturated rings. The molecule has 3 rings (SSSR count). The Morgan fingerprint density at radius 2 is 1.93 bits per heavy atom. The summed E-state index contributed by atoms with van der Waals surface area (Å²) in [5.74, 6) is 0.423. The minimum absolute atomic E-state index is 0.146. The van der Waals surface area contributed by atoms with Crippen molar-refractivity contribution in [3.8, 4) is 0 Å². The van der Waals surface area contributed by atoms with Crippen molar-refractivity contribution < 1.29 is 17.9 Å². The summed E-state index contributed by atoms with van der Waals surface area (Å²) in [6.45, 7) is 10.2. The molecule has 28 heavy (non-hydrogen) atoms. The van der Waals surface area contributed by atoms with Crippen molar-refractivity contribution in [3.63, 3.8) is 0 Å². The first-order chi connectivity index (χ1) is 13.2. The van der Waals surface area contributed by atoms with Gasteiger partial charge in [-0.05, 0) is 51.0 Å². The molecule has 1 aromatic rings. The van der Waals surface area contributed by atoms with Gasteiger partial charge in [0.05, 0.1) is 18.2 Å². The Kier molecular flexibility index (Phi) is 7.14. The normalized spacial score (nSPS) is 26.3. The molecule has 2 aliphatic rings. The lowest BCUT2D eigenvalue weighted by Gasteiger charge is -2.39. The van der Waals surface area contributed by atoms with E-state index in [0.29, 0.717) is 19.0 Å². The fourth-order valence-electron chi connectivity index (χ4n) is 4.17. The number of morpholine rings is 1. The van der Waals surface area contributed by atoms with E-state index in [2.05, 4.69) is 23.5 Å². The number of sulfonamides is 1. The Bertz CT molecular complexity index is 735. The van der Waals surface area contributed by atoms with Crippen LogP contribution < -0.4 is 4.72 Å². The molecule has 9 heteroatoms. The highest BCUT2D eigenvalue weighted by atomic mass is 32.2. The van der Waals surface area contributed by atoms with Crippen LogP contribution in [0.1, 0.15) is 33.6 Å². The highest BCUT2D eigenvalue weighted by molar-refractivity contribution is 7.91. The predicted molar refractivity (Wildman–Crippen MR) is 110 cm³/mol. The van der Waals surface area contributed by atoms with Crippen LogP contribution in [0.15, 0.2) is 21.7 Å². The zero-order valence-corrected chi connectivity index (χ0v) is 18.5. The lowest BCUT2D eigenvalue weighted by molar-refractivity contribution is -0.134. The molecule has 0 saturated carbocycles. The Morgan fingerprint density at radius 3 is 2.50 bits per heavy atom. The number of thiophene rings is 1. The molecule has 0 aromatic carbocycles. The summed E-state index contributed by atoms with van der Waals surface area (Å²) in [6.07, 6.45) is 2.44. The summed E-state index contributed by atoms with van der Waals surface area (Å²) in [5.41, 5.74) is 0. The number of hydrogen-bond acceptors (Lipinski definition) is 6. The van der Waals surface area contributed by atoms with Crippen molar-refractivity contribution in [3.05, 3.63) is 17.5 Å². The van der Waals surface area contributed by atoms with Crippen LogP contribution in [0.2, 0.25) is 0 Å². The number of ether oxygens (including phenoxy) is 1. The van der Waals surface area contributed by atoms with Gasteiger partial charge in [-0.1, -0.05) is 6.07 Å². The number of piperidine rings is 1. The zero-order valence-electron chi connectivity index (χ0n) is 16.8. The third-order valence-corrected chi connectivity index (χ3v) is 8.34. The van der Waals surface area contributed by atoms with E-state index in [1.165, 1.54) is 0 Å². The summed E-state index contributed by atoms with van der Waals surface area (Å²) in [7, 11) is -3.64. The molecule has 158 valence electrons. The van der Waals surface area contributed by atoms with Crippen LogP contribution in [-0.2, 0) is 19.6 Å². The highest BCUT2D eigenvalue weighted by Crippen LogP contribution is 2.22. The predicted octanol–water partition coefficient (Wildman–Crippen LogP) is 1.76. The van der Waals surface area contributed by atoms with Gasteiger partial charge >= 0.3 is 0 Å². The fourth-order valence-corrected chi connectivity index (χ4v) is 6.37. The molecular formula is C19H31N3O4S2. The van der Waals surface area contributed by atoms with Gasteiger partial charge in [0.15, 0.2) is 0 Å². The van der Waals surface area contributed by atoms with Crippen molar-refractivity contribution >= 4 is 27.3 Å². The largest absolute Gasteiger partial charge is 0.373 e. The number of rotatable bonds is 6. The maximum absolute atomic E-state index is 12.7. The maximum Gasteiger partial charge on any atom is 0.250 e. The van der Waals surface area contributed by atoms with E-state index in [-0.39, 0.29) is 22.3 Å². The van der Waals surface area contributed by atoms with E-state index < -0.39 is 16.1 Å². The second kappa shape index (κ2) is 9.21. The number of hydrogen-bond donors (Lipinski definition) is 1. The van der Waals surface area contributed by atoms with Crippen LogP contribution >= 0.6 is 11.3 Å². The Morgan fingerprint density at radius 1 is 1.29 bits per heavy atom. The highest BCUT2D eigenvalue weighted by Gasteiger charge is 2.31. The van der Waals surface area contributed by atoms with Crippen molar-refractivity contribution in [2.24, 2.45) is 5.92 Å². The van der Waals surface area contributed by atoms with Crippen LogP contribution in [0.25, 0.3) is 0 Å². The van der Waals surface area contributed by atoms with Crippen molar-refractivity contribution in [2.45, 2.75) is 56.1 Å². The van der Waals surface area contributed by atoms with E-state index in [1.807, 2.05) is 0 Å². The van der Waals surface area contributed by atoms with Gasteiger partial charge in [0.25, 0.3) is 10.0 Å². The molecule has 0 aliphatic carbocycles. The van der Waals surface area contributed by atoms with Crippen LogP contribution in [0.4, 0.5) is 0 Å². The van der Waals surface area contributed by atoms with Crippen molar-refractivity contribution in [2.75, 3.05) is 32.7 Å². The number of carbonyl (C=O) groups is 1. The topological polar surface area (TPSA) is 79.0 Å². The summed E-state index contributed by atoms with van der Waals surface area (Å²) < 4.78 is 33.2. The number of amides is 1. The molecule has 1 N–H and O–H groups in total. The molecular weight excluding hydrogens is 398 g/mol. The van der Waals surface area contributed by atoms with Gasteiger partial charge in [-0.15, -0.1) is 11.3 Å².